The summed E-state index contributed by atoms with van der Waals surface area (Å²) in [4.78, 5) is 23.3. The molecule has 0 fully saturated rings. The van der Waals surface area contributed by atoms with Crippen molar-refractivity contribution in [2.45, 2.75) is 13.8 Å². The molecule has 0 aliphatic rings. The summed E-state index contributed by atoms with van der Waals surface area (Å²) in [7, 11) is 1.52. The molecule has 0 aromatic heterocycles. The molecule has 0 saturated heterocycles. The Kier molecular flexibility index (Phi) is 5.83. The lowest BCUT2D eigenvalue weighted by Crippen LogP contribution is -2.36. The number of hydrogen-bond acceptors (Lipinski definition) is 4. The van der Waals surface area contributed by atoms with Crippen molar-refractivity contribution in [1.82, 2.24) is 10.6 Å². The third-order valence-corrected chi connectivity index (χ3v) is 2.74. The van der Waals surface area contributed by atoms with E-state index in [0.29, 0.717) is 30.1 Å². The summed E-state index contributed by atoms with van der Waals surface area (Å²) in [6, 6.07) is 4.89. The van der Waals surface area contributed by atoms with E-state index in [4.69, 9.17) is 10.5 Å². The number of carbonyl (C=O) groups is 2. The monoisotopic (exact) mass is 279 g/mol. The minimum absolute atomic E-state index is 0.0415. The summed E-state index contributed by atoms with van der Waals surface area (Å²) in [5, 5.41) is 5.41. The van der Waals surface area contributed by atoms with Crippen molar-refractivity contribution in [3.63, 3.8) is 0 Å². The third-order valence-electron chi connectivity index (χ3n) is 2.74. The predicted molar refractivity (Wildman–Crippen MR) is 77.6 cm³/mol. The largest absolute Gasteiger partial charge is 0.497 e. The molecule has 2 amide bonds. The molecule has 1 rings (SSSR count). The number of hydrogen-bond donors (Lipinski definition) is 3. The van der Waals surface area contributed by atoms with E-state index in [-0.39, 0.29) is 17.7 Å². The molecule has 0 unspecified atom stereocenters. The van der Waals surface area contributed by atoms with Crippen LogP contribution in [0.25, 0.3) is 0 Å². The Labute approximate surface area is 118 Å². The van der Waals surface area contributed by atoms with Crippen LogP contribution in [0.15, 0.2) is 18.2 Å². The molecule has 0 heterocycles. The number of methoxy groups -OCH3 is 1. The SMILES string of the molecule is COc1ccc(N)c(C(=O)NCCNC(=O)C(C)C)c1. The van der Waals surface area contributed by atoms with E-state index in [0.717, 1.165) is 0 Å². The fraction of sp³-hybridized carbons (Fsp3) is 0.429. The maximum Gasteiger partial charge on any atom is 0.253 e. The number of ether oxygens (including phenoxy) is 1. The van der Waals surface area contributed by atoms with Gasteiger partial charge in [0.05, 0.1) is 12.7 Å². The molecule has 6 nitrogen and oxygen atoms in total. The fourth-order valence-electron chi connectivity index (χ4n) is 1.52. The van der Waals surface area contributed by atoms with Gasteiger partial charge in [-0.3, -0.25) is 9.59 Å². The number of nitrogens with one attached hydrogen (secondary N) is 2. The summed E-state index contributed by atoms with van der Waals surface area (Å²) in [5.41, 5.74) is 6.50. The number of carbonyl (C=O) groups excluding carboxylic acids is 2. The van der Waals surface area contributed by atoms with Gasteiger partial charge in [-0.15, -0.1) is 0 Å². The minimum atomic E-state index is -0.291. The number of benzene rings is 1. The van der Waals surface area contributed by atoms with Crippen LogP contribution in [0.5, 0.6) is 5.75 Å². The van der Waals surface area contributed by atoms with Crippen molar-refractivity contribution in [2.24, 2.45) is 5.92 Å². The highest BCUT2D eigenvalue weighted by Gasteiger charge is 2.11. The Morgan fingerprint density at radius 2 is 1.90 bits per heavy atom. The molecule has 4 N–H and O–H groups in total. The maximum absolute atomic E-state index is 12.0. The molecule has 1 aromatic rings. The van der Waals surface area contributed by atoms with Crippen LogP contribution in [0.3, 0.4) is 0 Å². The Balaban J connectivity index is 2.49. The summed E-state index contributed by atoms with van der Waals surface area (Å²) in [5.74, 6) is 0.164. The molecule has 0 bridgehead atoms. The predicted octanol–water partition coefficient (Wildman–Crippen LogP) is 0.779. The van der Waals surface area contributed by atoms with Crippen molar-refractivity contribution in [3.05, 3.63) is 23.8 Å². The van der Waals surface area contributed by atoms with E-state index in [2.05, 4.69) is 10.6 Å². The third kappa shape index (κ3) is 4.46. The van der Waals surface area contributed by atoms with Gasteiger partial charge in [0.15, 0.2) is 0 Å². The maximum atomic E-state index is 12.0. The Hall–Kier alpha value is -2.24. The van der Waals surface area contributed by atoms with Crippen molar-refractivity contribution < 1.29 is 14.3 Å². The van der Waals surface area contributed by atoms with E-state index < -0.39 is 0 Å². The lowest BCUT2D eigenvalue weighted by Gasteiger charge is -2.10. The van der Waals surface area contributed by atoms with Crippen LogP contribution in [0.2, 0.25) is 0 Å². The zero-order valence-corrected chi connectivity index (χ0v) is 12.0. The molecule has 0 saturated carbocycles. The van der Waals surface area contributed by atoms with Gasteiger partial charge in [0.25, 0.3) is 5.91 Å². The zero-order valence-electron chi connectivity index (χ0n) is 12.0. The molecule has 6 heteroatoms. The summed E-state index contributed by atoms with van der Waals surface area (Å²) < 4.78 is 5.05. The molecule has 0 aliphatic carbocycles. The highest BCUT2D eigenvalue weighted by atomic mass is 16.5. The second kappa shape index (κ2) is 7.37. The van der Waals surface area contributed by atoms with Crippen molar-refractivity contribution in [3.8, 4) is 5.75 Å². The van der Waals surface area contributed by atoms with Crippen LogP contribution in [-0.2, 0) is 4.79 Å². The van der Waals surface area contributed by atoms with Crippen molar-refractivity contribution in [1.29, 1.82) is 0 Å². The first-order chi connectivity index (χ1) is 9.45. The topological polar surface area (TPSA) is 93.4 Å². The molecule has 20 heavy (non-hydrogen) atoms. The quantitative estimate of drug-likeness (QED) is 0.530. The van der Waals surface area contributed by atoms with Crippen LogP contribution >= 0.6 is 0 Å². The van der Waals surface area contributed by atoms with E-state index in [1.807, 2.05) is 13.8 Å². The highest BCUT2D eigenvalue weighted by molar-refractivity contribution is 5.99. The van der Waals surface area contributed by atoms with Crippen molar-refractivity contribution >= 4 is 17.5 Å². The van der Waals surface area contributed by atoms with Gasteiger partial charge in [-0.05, 0) is 18.2 Å². The van der Waals surface area contributed by atoms with Crippen LogP contribution in [-0.4, -0.2) is 32.0 Å². The van der Waals surface area contributed by atoms with Gasteiger partial charge in [-0.1, -0.05) is 13.8 Å². The zero-order chi connectivity index (χ0) is 15.1. The first-order valence-corrected chi connectivity index (χ1v) is 6.45. The molecule has 1 aromatic carbocycles. The van der Waals surface area contributed by atoms with E-state index in [1.165, 1.54) is 7.11 Å². The molecule has 110 valence electrons. The lowest BCUT2D eigenvalue weighted by molar-refractivity contribution is -0.123. The Morgan fingerprint density at radius 3 is 2.50 bits per heavy atom. The Morgan fingerprint density at radius 1 is 1.25 bits per heavy atom. The average Bonchev–Trinajstić information content (AvgIpc) is 2.43. The van der Waals surface area contributed by atoms with Crippen LogP contribution in [0.4, 0.5) is 5.69 Å². The van der Waals surface area contributed by atoms with Gasteiger partial charge in [0.2, 0.25) is 5.91 Å². The molecule has 0 atom stereocenters. The fourth-order valence-corrected chi connectivity index (χ4v) is 1.52. The van der Waals surface area contributed by atoms with E-state index >= 15 is 0 Å². The summed E-state index contributed by atoms with van der Waals surface area (Å²) in [6.07, 6.45) is 0. The summed E-state index contributed by atoms with van der Waals surface area (Å²) >= 11 is 0. The van der Waals surface area contributed by atoms with E-state index in [9.17, 15) is 9.59 Å². The first-order valence-electron chi connectivity index (χ1n) is 6.45. The number of amides is 2. The molecule has 0 radical (unpaired) electrons. The first kappa shape index (κ1) is 15.8. The van der Waals surface area contributed by atoms with Crippen LogP contribution < -0.4 is 21.1 Å². The van der Waals surface area contributed by atoms with Crippen LogP contribution in [0, 0.1) is 5.92 Å². The molecular formula is C14H21N3O3. The minimum Gasteiger partial charge on any atom is -0.497 e. The van der Waals surface area contributed by atoms with Gasteiger partial charge in [-0.2, -0.15) is 0 Å². The van der Waals surface area contributed by atoms with Gasteiger partial charge in [0.1, 0.15) is 5.75 Å². The van der Waals surface area contributed by atoms with E-state index in [1.54, 1.807) is 18.2 Å². The van der Waals surface area contributed by atoms with Gasteiger partial charge >= 0.3 is 0 Å². The number of anilines is 1. The van der Waals surface area contributed by atoms with Crippen molar-refractivity contribution in [2.75, 3.05) is 25.9 Å². The second-order valence-electron chi connectivity index (χ2n) is 4.65. The lowest BCUT2D eigenvalue weighted by atomic mass is 10.1. The standard InChI is InChI=1S/C14H21N3O3/c1-9(2)13(18)16-6-7-17-14(19)11-8-10(20-3)4-5-12(11)15/h4-5,8-9H,6-7,15H2,1-3H3,(H,16,18)(H,17,19). The number of rotatable bonds is 6. The molecule has 0 spiro atoms. The van der Waals surface area contributed by atoms with Gasteiger partial charge in [-0.25, -0.2) is 0 Å². The van der Waals surface area contributed by atoms with Crippen LogP contribution in [0.1, 0.15) is 24.2 Å². The van der Waals surface area contributed by atoms with Gasteiger partial charge < -0.3 is 21.1 Å². The number of nitrogen functional groups attached to an aromatic ring is 1. The second-order valence-corrected chi connectivity index (χ2v) is 4.65. The molecular weight excluding hydrogens is 258 g/mol. The van der Waals surface area contributed by atoms with Gasteiger partial charge in [0, 0.05) is 24.7 Å². The summed E-state index contributed by atoms with van der Waals surface area (Å²) in [6.45, 7) is 4.34. The number of nitrogens with two attached hydrogens (primary N) is 1. The Bertz CT molecular complexity index is 487. The smallest absolute Gasteiger partial charge is 0.253 e. The highest BCUT2D eigenvalue weighted by Crippen LogP contribution is 2.19. The molecule has 0 aliphatic heterocycles. The normalized spacial score (nSPS) is 10.2. The average molecular weight is 279 g/mol.